The summed E-state index contributed by atoms with van der Waals surface area (Å²) in [5.41, 5.74) is 0. The van der Waals surface area contributed by atoms with Crippen molar-refractivity contribution in [1.29, 1.82) is 0 Å². The van der Waals surface area contributed by atoms with E-state index in [1.54, 1.807) is 0 Å². The van der Waals surface area contributed by atoms with E-state index in [4.69, 9.17) is 22.4 Å². The van der Waals surface area contributed by atoms with Crippen LogP contribution in [0.4, 0.5) is 0 Å². The van der Waals surface area contributed by atoms with Crippen LogP contribution in [0.2, 0.25) is 0 Å². The summed E-state index contributed by atoms with van der Waals surface area (Å²) in [4.78, 5) is 23.8. The molecule has 4 N–H and O–H groups in total. The fourth-order valence-corrected chi connectivity index (χ4v) is 2.79. The Bertz CT molecular complexity index is 439. The van der Waals surface area contributed by atoms with Crippen molar-refractivity contribution < 1.29 is 30.0 Å². The first-order valence-electron chi connectivity index (χ1n) is 5.81. The quantitative estimate of drug-likeness (QED) is 0.359. The largest absolute Gasteiger partial charge is 0.481 e. The van der Waals surface area contributed by atoms with E-state index in [9.17, 15) is 19.8 Å². The molecule has 112 valence electrons. The zero-order valence-electron chi connectivity index (χ0n) is 10.4. The Morgan fingerprint density at radius 1 is 1.45 bits per heavy atom. The second-order valence-electron chi connectivity index (χ2n) is 4.09. The summed E-state index contributed by atoms with van der Waals surface area (Å²) in [6.45, 7) is -0.441. The van der Waals surface area contributed by atoms with Crippen LogP contribution < -0.4 is 0 Å². The highest BCUT2D eigenvalue weighted by molar-refractivity contribution is 8.26. The monoisotopic (exact) mass is 321 g/mol. The minimum Gasteiger partial charge on any atom is -0.481 e. The molecular weight excluding hydrogens is 306 g/mol. The molecule has 1 fully saturated rings. The molecule has 1 aliphatic heterocycles. The molecule has 0 aromatic rings. The number of carboxylic acid groups (broad SMARTS) is 1. The van der Waals surface area contributed by atoms with Gasteiger partial charge in [-0.05, 0) is 12.5 Å². The van der Waals surface area contributed by atoms with Crippen LogP contribution in [-0.2, 0) is 9.59 Å². The third-order valence-electron chi connectivity index (χ3n) is 2.55. The number of hydrogen-bond donors (Lipinski definition) is 4. The van der Waals surface area contributed by atoms with Gasteiger partial charge >= 0.3 is 5.97 Å². The second-order valence-corrected chi connectivity index (χ2v) is 5.77. The van der Waals surface area contributed by atoms with E-state index in [0.717, 1.165) is 17.8 Å². The molecule has 1 saturated heterocycles. The number of carbonyl (C=O) groups is 2. The van der Waals surface area contributed by atoms with Gasteiger partial charge in [0.15, 0.2) is 0 Å². The molecule has 0 saturated carbocycles. The van der Waals surface area contributed by atoms with Crippen molar-refractivity contribution >= 4 is 40.2 Å². The molecule has 0 radical (unpaired) electrons. The van der Waals surface area contributed by atoms with Crippen LogP contribution in [0.1, 0.15) is 12.8 Å². The van der Waals surface area contributed by atoms with Gasteiger partial charge in [0.2, 0.25) is 0 Å². The van der Waals surface area contributed by atoms with Crippen LogP contribution in [0.25, 0.3) is 0 Å². The summed E-state index contributed by atoms with van der Waals surface area (Å²) < 4.78 is 0.275. The molecule has 0 aliphatic carbocycles. The number of nitrogens with zero attached hydrogens (tertiary/aromatic N) is 1. The number of aliphatic carboxylic acids is 1. The number of thioether (sulfide) groups is 1. The van der Waals surface area contributed by atoms with Crippen molar-refractivity contribution in [3.05, 3.63) is 11.0 Å². The average Bonchev–Trinajstić information content (AvgIpc) is 2.64. The fraction of sp³-hybridized carbons (Fsp3) is 0.545. The predicted molar refractivity (Wildman–Crippen MR) is 76.0 cm³/mol. The van der Waals surface area contributed by atoms with E-state index in [0.29, 0.717) is 0 Å². The first kappa shape index (κ1) is 17.1. The molecule has 1 heterocycles. The summed E-state index contributed by atoms with van der Waals surface area (Å²) in [5.74, 6) is -1.39. The number of carbonyl (C=O) groups excluding carboxylic acids is 1. The van der Waals surface area contributed by atoms with Gasteiger partial charge in [0.25, 0.3) is 5.91 Å². The number of carboxylic acids is 1. The fourth-order valence-electron chi connectivity index (χ4n) is 1.47. The maximum absolute atomic E-state index is 12.0. The Balaban J connectivity index is 2.66. The molecule has 1 amide bonds. The van der Waals surface area contributed by atoms with Crippen molar-refractivity contribution in [1.82, 2.24) is 4.90 Å². The number of amides is 1. The summed E-state index contributed by atoms with van der Waals surface area (Å²) in [6, 6.07) is 0. The number of thiocarbonyl (C=S) groups is 1. The highest BCUT2D eigenvalue weighted by atomic mass is 32.2. The Labute approximate surface area is 124 Å². The van der Waals surface area contributed by atoms with Gasteiger partial charge in [-0.15, -0.1) is 0 Å². The summed E-state index contributed by atoms with van der Waals surface area (Å²) in [7, 11) is 0. The maximum atomic E-state index is 12.0. The van der Waals surface area contributed by atoms with E-state index in [1.807, 2.05) is 0 Å². The van der Waals surface area contributed by atoms with Gasteiger partial charge in [0.1, 0.15) is 16.5 Å². The topological polar surface area (TPSA) is 118 Å². The smallest absolute Gasteiger partial charge is 0.303 e. The number of rotatable bonds is 7. The predicted octanol–water partition coefficient (Wildman–Crippen LogP) is -0.691. The molecule has 0 aromatic carbocycles. The van der Waals surface area contributed by atoms with Gasteiger partial charge in [0.05, 0.1) is 11.5 Å². The van der Waals surface area contributed by atoms with Crippen LogP contribution in [0.3, 0.4) is 0 Å². The molecule has 0 aromatic heterocycles. The van der Waals surface area contributed by atoms with Gasteiger partial charge < -0.3 is 20.4 Å². The molecule has 1 rings (SSSR count). The first-order valence-corrected chi connectivity index (χ1v) is 7.03. The summed E-state index contributed by atoms with van der Waals surface area (Å²) >= 11 is 5.97. The van der Waals surface area contributed by atoms with Crippen LogP contribution >= 0.6 is 24.0 Å². The normalized spacial score (nSPS) is 20.6. The lowest BCUT2D eigenvalue weighted by molar-refractivity contribution is -0.137. The van der Waals surface area contributed by atoms with Crippen LogP contribution in [-0.4, -0.2) is 66.9 Å². The van der Waals surface area contributed by atoms with Gasteiger partial charge in [0, 0.05) is 13.0 Å². The van der Waals surface area contributed by atoms with Crippen LogP contribution in [0.5, 0.6) is 0 Å². The summed E-state index contributed by atoms with van der Waals surface area (Å²) in [5, 5.41) is 36.0. The van der Waals surface area contributed by atoms with E-state index in [1.165, 1.54) is 4.90 Å². The zero-order chi connectivity index (χ0) is 15.3. The average molecular weight is 321 g/mol. The molecule has 2 unspecified atom stereocenters. The zero-order valence-corrected chi connectivity index (χ0v) is 12.1. The van der Waals surface area contributed by atoms with E-state index in [-0.39, 0.29) is 28.6 Å². The van der Waals surface area contributed by atoms with Gasteiger partial charge in [-0.2, -0.15) is 0 Å². The molecule has 7 nitrogen and oxygen atoms in total. The van der Waals surface area contributed by atoms with Crippen LogP contribution in [0, 0.1) is 0 Å². The van der Waals surface area contributed by atoms with Crippen molar-refractivity contribution in [2.24, 2.45) is 0 Å². The van der Waals surface area contributed by atoms with Crippen LogP contribution in [0.15, 0.2) is 11.0 Å². The molecule has 0 spiro atoms. The Kier molecular flexibility index (Phi) is 6.56. The van der Waals surface area contributed by atoms with Crippen molar-refractivity contribution in [3.63, 3.8) is 0 Å². The van der Waals surface area contributed by atoms with Gasteiger partial charge in [-0.1, -0.05) is 24.0 Å². The third-order valence-corrected chi connectivity index (χ3v) is 3.95. The van der Waals surface area contributed by atoms with Gasteiger partial charge in [-0.25, -0.2) is 0 Å². The molecule has 2 atom stereocenters. The number of hydrogen-bond acceptors (Lipinski definition) is 7. The lowest BCUT2D eigenvalue weighted by Gasteiger charge is -2.14. The van der Waals surface area contributed by atoms with E-state index >= 15 is 0 Å². The second kappa shape index (κ2) is 7.70. The lowest BCUT2D eigenvalue weighted by atomic mass is 10.2. The Morgan fingerprint density at radius 3 is 2.65 bits per heavy atom. The minimum absolute atomic E-state index is 0.0675. The summed E-state index contributed by atoms with van der Waals surface area (Å²) in [6.07, 6.45) is -1.39. The van der Waals surface area contributed by atoms with E-state index < -0.39 is 30.7 Å². The Hall–Kier alpha value is -1.000. The highest BCUT2D eigenvalue weighted by Crippen LogP contribution is 2.31. The highest BCUT2D eigenvalue weighted by Gasteiger charge is 2.32. The van der Waals surface area contributed by atoms with Gasteiger partial charge in [-0.3, -0.25) is 14.5 Å². The molecule has 20 heavy (non-hydrogen) atoms. The first-order chi connectivity index (χ1) is 9.36. The molecule has 0 bridgehead atoms. The number of aliphatic hydroxyl groups excluding tert-OH is 3. The molecule has 9 heteroatoms. The third kappa shape index (κ3) is 4.53. The molecule has 1 aliphatic rings. The minimum atomic E-state index is -1.37. The Morgan fingerprint density at radius 2 is 2.10 bits per heavy atom. The number of aliphatic hydroxyl groups is 3. The maximum Gasteiger partial charge on any atom is 0.303 e. The SMILES string of the molecule is O=C(O)CCCN1C(=O)/C(=C/C(O)C(O)CO)SC1=S. The lowest BCUT2D eigenvalue weighted by Crippen LogP contribution is -2.31. The van der Waals surface area contributed by atoms with Crippen molar-refractivity contribution in [2.45, 2.75) is 25.0 Å². The van der Waals surface area contributed by atoms with Crippen molar-refractivity contribution in [3.8, 4) is 0 Å². The van der Waals surface area contributed by atoms with Crippen molar-refractivity contribution in [2.75, 3.05) is 13.2 Å². The van der Waals surface area contributed by atoms with E-state index in [2.05, 4.69) is 0 Å². The molecular formula is C11H15NO6S2. The standard InChI is InChI=1S/C11H15NO6S2/c13-5-7(15)6(14)4-8-10(18)12(11(19)20-8)3-1-2-9(16)17/h4,6-7,13-15H,1-3,5H2,(H,16,17)/b8-4-.